The van der Waals surface area contributed by atoms with Crippen molar-refractivity contribution in [2.45, 2.75) is 13.5 Å². The zero-order valence-corrected chi connectivity index (χ0v) is 9.24. The van der Waals surface area contributed by atoms with Gasteiger partial charge in [0.2, 0.25) is 0 Å². The minimum atomic E-state index is -0.459. The third-order valence-corrected chi connectivity index (χ3v) is 2.49. The van der Waals surface area contributed by atoms with Gasteiger partial charge in [-0.2, -0.15) is 0 Å². The molecule has 0 aliphatic rings. The lowest BCUT2D eigenvalue weighted by Gasteiger charge is -2.04. The van der Waals surface area contributed by atoms with Crippen molar-refractivity contribution in [2.24, 2.45) is 0 Å². The molecule has 1 N–H and O–H groups in total. The number of rotatable bonds is 2. The molecular formula is C12H11FN2O2. The Labute approximate surface area is 96.4 Å². The molecule has 0 fully saturated rings. The SMILES string of the molecule is CCn1c(=O)cc(-c2ccc(F)cc2)[nH]c1=O. The summed E-state index contributed by atoms with van der Waals surface area (Å²) in [5.74, 6) is -0.363. The average Bonchev–Trinajstić information content (AvgIpc) is 2.29. The lowest BCUT2D eigenvalue weighted by atomic mass is 10.1. The number of H-pyrrole nitrogens is 1. The Morgan fingerprint density at radius 1 is 1.24 bits per heavy atom. The second-order valence-electron chi connectivity index (χ2n) is 3.58. The Hall–Kier alpha value is -2.17. The van der Waals surface area contributed by atoms with Gasteiger partial charge in [-0.3, -0.25) is 9.36 Å². The molecule has 0 aliphatic heterocycles. The van der Waals surface area contributed by atoms with Crippen LogP contribution in [-0.4, -0.2) is 9.55 Å². The molecule has 0 saturated heterocycles. The maximum Gasteiger partial charge on any atom is 0.328 e. The van der Waals surface area contributed by atoms with Crippen molar-refractivity contribution < 1.29 is 4.39 Å². The number of hydrogen-bond acceptors (Lipinski definition) is 2. The molecule has 2 rings (SSSR count). The highest BCUT2D eigenvalue weighted by Crippen LogP contribution is 2.14. The minimum Gasteiger partial charge on any atom is -0.307 e. The van der Waals surface area contributed by atoms with Crippen LogP contribution < -0.4 is 11.2 Å². The molecule has 17 heavy (non-hydrogen) atoms. The van der Waals surface area contributed by atoms with Crippen LogP contribution in [0.25, 0.3) is 11.3 Å². The maximum atomic E-state index is 12.7. The highest BCUT2D eigenvalue weighted by Gasteiger charge is 2.04. The van der Waals surface area contributed by atoms with Gasteiger partial charge in [0, 0.05) is 12.6 Å². The summed E-state index contributed by atoms with van der Waals surface area (Å²) < 4.78 is 13.8. The zero-order valence-electron chi connectivity index (χ0n) is 9.24. The van der Waals surface area contributed by atoms with E-state index in [1.165, 1.54) is 30.3 Å². The summed E-state index contributed by atoms with van der Waals surface area (Å²) in [5, 5.41) is 0. The van der Waals surface area contributed by atoms with Gasteiger partial charge in [-0.25, -0.2) is 9.18 Å². The largest absolute Gasteiger partial charge is 0.328 e. The summed E-state index contributed by atoms with van der Waals surface area (Å²) in [7, 11) is 0. The smallest absolute Gasteiger partial charge is 0.307 e. The van der Waals surface area contributed by atoms with Crippen LogP contribution in [0.15, 0.2) is 39.9 Å². The van der Waals surface area contributed by atoms with Gasteiger partial charge < -0.3 is 4.98 Å². The van der Waals surface area contributed by atoms with E-state index < -0.39 is 5.69 Å². The van der Waals surface area contributed by atoms with Crippen LogP contribution in [0.5, 0.6) is 0 Å². The zero-order chi connectivity index (χ0) is 12.4. The van der Waals surface area contributed by atoms with Crippen LogP contribution in [0.2, 0.25) is 0 Å². The first-order valence-electron chi connectivity index (χ1n) is 5.22. The first-order chi connectivity index (χ1) is 8.11. The van der Waals surface area contributed by atoms with Crippen molar-refractivity contribution in [3.8, 4) is 11.3 Å². The summed E-state index contributed by atoms with van der Waals surface area (Å²) >= 11 is 0. The summed E-state index contributed by atoms with van der Waals surface area (Å²) in [5.41, 5.74) is 0.170. The van der Waals surface area contributed by atoms with Crippen LogP contribution in [0.4, 0.5) is 4.39 Å². The fourth-order valence-corrected chi connectivity index (χ4v) is 1.60. The van der Waals surface area contributed by atoms with Gasteiger partial charge in [0.1, 0.15) is 5.82 Å². The third kappa shape index (κ3) is 2.18. The Bertz CT molecular complexity index is 610. The van der Waals surface area contributed by atoms with Crippen molar-refractivity contribution in [1.82, 2.24) is 9.55 Å². The third-order valence-electron chi connectivity index (χ3n) is 2.49. The Balaban J connectivity index is 2.58. The Morgan fingerprint density at radius 3 is 2.41 bits per heavy atom. The lowest BCUT2D eigenvalue weighted by Crippen LogP contribution is -2.34. The van der Waals surface area contributed by atoms with Crippen LogP contribution in [0.3, 0.4) is 0 Å². The van der Waals surface area contributed by atoms with Gasteiger partial charge in [-0.15, -0.1) is 0 Å². The molecule has 0 unspecified atom stereocenters. The molecule has 0 radical (unpaired) electrons. The van der Waals surface area contributed by atoms with Crippen LogP contribution >= 0.6 is 0 Å². The molecule has 0 saturated carbocycles. The quantitative estimate of drug-likeness (QED) is 0.853. The van der Waals surface area contributed by atoms with E-state index >= 15 is 0 Å². The van der Waals surface area contributed by atoms with Crippen molar-refractivity contribution in [3.63, 3.8) is 0 Å². The molecular weight excluding hydrogens is 223 g/mol. The second-order valence-corrected chi connectivity index (χ2v) is 3.58. The van der Waals surface area contributed by atoms with Crippen molar-refractivity contribution in [2.75, 3.05) is 0 Å². The molecule has 0 atom stereocenters. The normalized spacial score (nSPS) is 10.5. The van der Waals surface area contributed by atoms with E-state index in [1.807, 2.05) is 0 Å². The van der Waals surface area contributed by atoms with Crippen molar-refractivity contribution in [1.29, 1.82) is 0 Å². The molecule has 88 valence electrons. The van der Waals surface area contributed by atoms with Crippen LogP contribution in [-0.2, 0) is 6.54 Å². The predicted octanol–water partition coefficient (Wildman–Crippen LogP) is 1.36. The molecule has 4 nitrogen and oxygen atoms in total. The molecule has 0 aliphatic carbocycles. The van der Waals surface area contributed by atoms with E-state index in [0.717, 1.165) is 4.57 Å². The molecule has 1 aromatic carbocycles. The molecule has 5 heteroatoms. The highest BCUT2D eigenvalue weighted by atomic mass is 19.1. The van der Waals surface area contributed by atoms with E-state index in [4.69, 9.17) is 0 Å². The van der Waals surface area contributed by atoms with Gasteiger partial charge in [-0.1, -0.05) is 0 Å². The standard InChI is InChI=1S/C12H11FN2O2/c1-2-15-11(16)7-10(14-12(15)17)8-3-5-9(13)6-4-8/h3-7H,2H2,1H3,(H,14,17). The summed E-state index contributed by atoms with van der Waals surface area (Å²) in [4.78, 5) is 25.8. The number of aromatic nitrogens is 2. The monoisotopic (exact) mass is 234 g/mol. The lowest BCUT2D eigenvalue weighted by molar-refractivity contribution is 0.628. The number of nitrogens with zero attached hydrogens (tertiary/aromatic N) is 1. The summed E-state index contributed by atoms with van der Waals surface area (Å²) in [6.45, 7) is 2.03. The Morgan fingerprint density at radius 2 is 1.88 bits per heavy atom. The van der Waals surface area contributed by atoms with Gasteiger partial charge >= 0.3 is 5.69 Å². The van der Waals surface area contributed by atoms with E-state index in [-0.39, 0.29) is 11.4 Å². The minimum absolute atomic E-state index is 0.317. The molecule has 1 aromatic heterocycles. The van der Waals surface area contributed by atoms with Gasteiger partial charge in [0.05, 0.1) is 5.69 Å². The van der Waals surface area contributed by atoms with E-state index in [2.05, 4.69) is 4.98 Å². The van der Waals surface area contributed by atoms with Gasteiger partial charge in [0.25, 0.3) is 5.56 Å². The molecule has 1 heterocycles. The number of halogens is 1. The first-order valence-corrected chi connectivity index (χ1v) is 5.22. The average molecular weight is 234 g/mol. The second kappa shape index (κ2) is 4.37. The Kier molecular flexibility index (Phi) is 2.91. The number of hydrogen-bond donors (Lipinski definition) is 1. The van der Waals surface area contributed by atoms with E-state index in [1.54, 1.807) is 6.92 Å². The molecule has 0 bridgehead atoms. The van der Waals surface area contributed by atoms with Crippen molar-refractivity contribution in [3.05, 3.63) is 57.0 Å². The first kappa shape index (κ1) is 11.3. The molecule has 0 amide bonds. The number of benzene rings is 1. The van der Waals surface area contributed by atoms with E-state index in [9.17, 15) is 14.0 Å². The molecule has 0 spiro atoms. The topological polar surface area (TPSA) is 54.9 Å². The summed E-state index contributed by atoms with van der Waals surface area (Å²) in [6, 6.07) is 6.91. The molecule has 2 aromatic rings. The van der Waals surface area contributed by atoms with Gasteiger partial charge in [-0.05, 0) is 36.8 Å². The van der Waals surface area contributed by atoms with Crippen LogP contribution in [0.1, 0.15) is 6.92 Å². The number of nitrogens with one attached hydrogen (secondary N) is 1. The maximum absolute atomic E-state index is 12.7. The fourth-order valence-electron chi connectivity index (χ4n) is 1.60. The van der Waals surface area contributed by atoms with E-state index in [0.29, 0.717) is 17.8 Å². The predicted molar refractivity (Wildman–Crippen MR) is 62.4 cm³/mol. The fraction of sp³-hybridized carbons (Fsp3) is 0.167. The highest BCUT2D eigenvalue weighted by molar-refractivity contribution is 5.57. The van der Waals surface area contributed by atoms with Crippen molar-refractivity contribution >= 4 is 0 Å². The van der Waals surface area contributed by atoms with Crippen LogP contribution in [0, 0.1) is 5.82 Å². The number of aromatic amines is 1. The summed E-state index contributed by atoms with van der Waals surface area (Å²) in [6.07, 6.45) is 0. The van der Waals surface area contributed by atoms with Gasteiger partial charge in [0.15, 0.2) is 0 Å².